The maximum absolute atomic E-state index is 10.3. The van der Waals surface area contributed by atoms with Crippen LogP contribution >= 0.6 is 0 Å². The van der Waals surface area contributed by atoms with Gasteiger partial charge in [0.05, 0.1) is 69.6 Å². The molecule has 0 aliphatic carbocycles. The van der Waals surface area contributed by atoms with Crippen LogP contribution in [0.5, 0.6) is 34.5 Å². The average Bonchev–Trinajstić information content (AvgIpc) is 3.47. The van der Waals surface area contributed by atoms with Crippen molar-refractivity contribution in [1.82, 2.24) is 0 Å². The van der Waals surface area contributed by atoms with E-state index in [9.17, 15) is 10.5 Å². The number of para-hydroxylation sites is 12. The third-order valence-electron chi connectivity index (χ3n) is 13.9. The van der Waals surface area contributed by atoms with Gasteiger partial charge in [-0.05, 0) is 130 Å². The lowest BCUT2D eigenvalue weighted by atomic mass is 9.79. The highest BCUT2D eigenvalue weighted by Gasteiger charge is 2.38. The molecule has 0 bridgehead atoms. The predicted molar refractivity (Wildman–Crippen MR) is 291 cm³/mol. The Bertz CT molecular complexity index is 3680. The molecule has 0 fully saturated rings. The van der Waals surface area contributed by atoms with Gasteiger partial charge in [0.15, 0.2) is 40.2 Å². The Morgan fingerprint density at radius 1 is 0.365 bits per heavy atom. The SMILES string of the molecule is [C-]#[N+]c1ccc(-c2c(CN3c4ccccc4Oc4ccccc43)c(-c3ccc(C#N)cc3)c(CN3c4ccccc4Oc4ccccc43)c(-c3ccc(C#N)cc3)c2N2c3ccccc3Oc3ccccc32)cc1. The zero-order valence-electron chi connectivity index (χ0n) is 39.6. The van der Waals surface area contributed by atoms with Crippen molar-refractivity contribution in [2.45, 2.75) is 13.1 Å². The highest BCUT2D eigenvalue weighted by atomic mass is 16.5. The molecule has 0 unspecified atom stereocenters. The minimum absolute atomic E-state index is 0.336. The number of ether oxygens (including phenoxy) is 3. The molecular formula is C65H40N6O3. The molecule has 9 heteroatoms. The maximum atomic E-state index is 10.3. The Morgan fingerprint density at radius 3 is 1.00 bits per heavy atom. The Balaban J connectivity index is 1.25. The summed E-state index contributed by atoms with van der Waals surface area (Å²) in [5.74, 6) is 4.25. The second-order valence-electron chi connectivity index (χ2n) is 18.1. The molecule has 0 aromatic heterocycles. The van der Waals surface area contributed by atoms with Crippen molar-refractivity contribution >= 4 is 45.5 Å². The normalized spacial score (nSPS) is 12.4. The van der Waals surface area contributed by atoms with Gasteiger partial charge < -0.3 is 28.9 Å². The fourth-order valence-corrected chi connectivity index (χ4v) is 10.6. The van der Waals surface area contributed by atoms with Crippen LogP contribution < -0.4 is 28.9 Å². The van der Waals surface area contributed by atoms with Crippen molar-refractivity contribution in [1.29, 1.82) is 10.5 Å². The van der Waals surface area contributed by atoms with Gasteiger partial charge in [-0.2, -0.15) is 10.5 Å². The molecule has 10 aromatic carbocycles. The Kier molecular flexibility index (Phi) is 10.6. The van der Waals surface area contributed by atoms with Crippen LogP contribution in [-0.2, 0) is 13.1 Å². The predicted octanol–water partition coefficient (Wildman–Crippen LogP) is 17.4. The molecule has 74 heavy (non-hydrogen) atoms. The van der Waals surface area contributed by atoms with E-state index in [4.69, 9.17) is 20.8 Å². The van der Waals surface area contributed by atoms with Gasteiger partial charge in [0.2, 0.25) is 0 Å². The molecule has 0 spiro atoms. The van der Waals surface area contributed by atoms with E-state index < -0.39 is 0 Å². The summed E-state index contributed by atoms with van der Waals surface area (Å²) in [6.07, 6.45) is 0. The Hall–Kier alpha value is -10.5. The molecule has 3 aliphatic heterocycles. The van der Waals surface area contributed by atoms with Crippen LogP contribution in [0.1, 0.15) is 22.3 Å². The van der Waals surface area contributed by atoms with Crippen LogP contribution in [0, 0.1) is 29.2 Å². The maximum Gasteiger partial charge on any atom is 0.187 e. The number of anilines is 7. The quantitative estimate of drug-likeness (QED) is 0.139. The first kappa shape index (κ1) is 43.5. The van der Waals surface area contributed by atoms with Gasteiger partial charge in [0.25, 0.3) is 0 Å². The summed E-state index contributed by atoms with van der Waals surface area (Å²) in [5.41, 5.74) is 15.0. The summed E-state index contributed by atoms with van der Waals surface area (Å²) >= 11 is 0. The molecule has 0 amide bonds. The van der Waals surface area contributed by atoms with Gasteiger partial charge >= 0.3 is 0 Å². The van der Waals surface area contributed by atoms with Crippen LogP contribution in [-0.4, -0.2) is 0 Å². The van der Waals surface area contributed by atoms with Crippen LogP contribution in [0.2, 0.25) is 0 Å². The smallest absolute Gasteiger partial charge is 0.187 e. The fourth-order valence-electron chi connectivity index (χ4n) is 10.6. The molecular weight excluding hydrogens is 913 g/mol. The summed E-state index contributed by atoms with van der Waals surface area (Å²) in [4.78, 5) is 10.9. The summed E-state index contributed by atoms with van der Waals surface area (Å²) < 4.78 is 20.1. The van der Waals surface area contributed by atoms with E-state index in [0.717, 1.165) is 107 Å². The Labute approximate surface area is 428 Å². The largest absolute Gasteiger partial charge is 0.453 e. The molecule has 0 radical (unpaired) electrons. The first-order valence-corrected chi connectivity index (χ1v) is 24.2. The third kappa shape index (κ3) is 7.30. The molecule has 348 valence electrons. The highest BCUT2D eigenvalue weighted by Crippen LogP contribution is 2.60. The molecule has 0 atom stereocenters. The van der Waals surface area contributed by atoms with Gasteiger partial charge in [-0.1, -0.05) is 121 Å². The van der Waals surface area contributed by atoms with Crippen molar-refractivity contribution in [2.75, 3.05) is 14.7 Å². The Morgan fingerprint density at radius 2 is 0.662 bits per heavy atom. The summed E-state index contributed by atoms with van der Waals surface area (Å²) in [5, 5.41) is 20.6. The van der Waals surface area contributed by atoms with Crippen molar-refractivity contribution in [2.24, 2.45) is 0 Å². The fraction of sp³-hybridized carbons (Fsp3) is 0.0308. The van der Waals surface area contributed by atoms with Crippen molar-refractivity contribution in [3.05, 3.63) is 252 Å². The summed E-state index contributed by atoms with van der Waals surface area (Å²) in [6, 6.07) is 77.1. The monoisotopic (exact) mass is 952 g/mol. The van der Waals surface area contributed by atoms with Gasteiger partial charge in [-0.25, -0.2) is 4.85 Å². The number of hydrogen-bond donors (Lipinski definition) is 0. The highest BCUT2D eigenvalue weighted by molar-refractivity contribution is 6.06. The number of nitrogens with zero attached hydrogens (tertiary/aromatic N) is 6. The van der Waals surface area contributed by atoms with Crippen LogP contribution in [0.15, 0.2) is 218 Å². The lowest BCUT2D eigenvalue weighted by Gasteiger charge is -2.40. The van der Waals surface area contributed by atoms with Gasteiger partial charge in [0, 0.05) is 24.2 Å². The first-order chi connectivity index (χ1) is 36.6. The number of rotatable bonds is 8. The summed E-state index contributed by atoms with van der Waals surface area (Å²) in [7, 11) is 0. The molecule has 13 rings (SSSR count). The van der Waals surface area contributed by atoms with Crippen LogP contribution in [0.25, 0.3) is 38.2 Å². The van der Waals surface area contributed by atoms with Crippen LogP contribution in [0.4, 0.5) is 45.5 Å². The second kappa shape index (κ2) is 18.0. The lowest BCUT2D eigenvalue weighted by molar-refractivity contribution is 0.473. The van der Waals surface area contributed by atoms with E-state index >= 15 is 0 Å². The van der Waals surface area contributed by atoms with Crippen molar-refractivity contribution in [3.8, 4) is 80.0 Å². The average molecular weight is 953 g/mol. The van der Waals surface area contributed by atoms with E-state index in [1.54, 1.807) is 0 Å². The summed E-state index contributed by atoms with van der Waals surface area (Å²) in [6.45, 7) is 8.75. The first-order valence-electron chi connectivity index (χ1n) is 24.2. The van der Waals surface area contributed by atoms with Gasteiger partial charge in [0.1, 0.15) is 0 Å². The zero-order valence-corrected chi connectivity index (χ0v) is 39.6. The van der Waals surface area contributed by atoms with E-state index in [-0.39, 0.29) is 0 Å². The van der Waals surface area contributed by atoms with E-state index in [1.807, 2.05) is 158 Å². The number of hydrogen-bond acceptors (Lipinski definition) is 8. The lowest BCUT2D eigenvalue weighted by Crippen LogP contribution is -2.26. The zero-order chi connectivity index (χ0) is 49.7. The van der Waals surface area contributed by atoms with Crippen molar-refractivity contribution in [3.63, 3.8) is 0 Å². The van der Waals surface area contributed by atoms with Crippen molar-refractivity contribution < 1.29 is 14.2 Å². The van der Waals surface area contributed by atoms with Gasteiger partial charge in [-0.15, -0.1) is 0 Å². The molecule has 3 heterocycles. The molecule has 0 N–H and O–H groups in total. The molecule has 3 aliphatic rings. The van der Waals surface area contributed by atoms with Gasteiger partial charge in [-0.3, -0.25) is 0 Å². The van der Waals surface area contributed by atoms with E-state index in [1.165, 1.54) is 0 Å². The molecule has 10 aromatic rings. The second-order valence-corrected chi connectivity index (χ2v) is 18.1. The molecule has 0 saturated heterocycles. The molecule has 0 saturated carbocycles. The minimum atomic E-state index is 0.336. The number of benzene rings is 10. The molecule has 9 nitrogen and oxygen atoms in total. The number of nitriles is 2. The third-order valence-corrected chi connectivity index (χ3v) is 13.9. The van der Waals surface area contributed by atoms with Crippen LogP contribution in [0.3, 0.4) is 0 Å². The van der Waals surface area contributed by atoms with E-state index in [0.29, 0.717) is 41.4 Å². The minimum Gasteiger partial charge on any atom is -0.453 e. The topological polar surface area (TPSA) is 89.3 Å². The number of fused-ring (bicyclic) bond motifs is 6. The van der Waals surface area contributed by atoms with E-state index in [2.05, 4.69) is 92.3 Å². The standard InChI is InChI=1S/C65H40N6O3/c1-68-47-36-34-46(35-37-47)64-49(41-70-52-16-4-10-22-58(52)73-59-23-11-5-17-53(59)70)62(44-30-26-42(38-66)27-31-44)48(40-69-50-14-2-8-20-56(50)72-57-21-9-3-15-51(57)69)63(45-32-28-43(39-67)29-33-45)65(64)71-54-18-6-12-24-60(54)74-61-25-13-7-19-55(61)71/h2-37H,40-41H2.